The molecule has 4 aromatic rings. The monoisotopic (exact) mass is 532 g/mol. The summed E-state index contributed by atoms with van der Waals surface area (Å²) in [5.74, 6) is 1.34. The molecule has 1 amide bonds. The second-order valence-corrected chi connectivity index (χ2v) is 11.1. The summed E-state index contributed by atoms with van der Waals surface area (Å²) in [5.41, 5.74) is 4.76. The lowest BCUT2D eigenvalue weighted by Gasteiger charge is -2.37. The van der Waals surface area contributed by atoms with Crippen LogP contribution in [0.25, 0.3) is 16.9 Å². The van der Waals surface area contributed by atoms with Gasteiger partial charge >= 0.3 is 0 Å². The minimum atomic E-state index is -0.253. The molecule has 0 N–H and O–H groups in total. The van der Waals surface area contributed by atoms with E-state index < -0.39 is 0 Å². The highest BCUT2D eigenvalue weighted by molar-refractivity contribution is 7.14. The fraction of sp³-hybridized carbons (Fsp3) is 0.414. The summed E-state index contributed by atoms with van der Waals surface area (Å²) in [5, 5.41) is 2.86. The van der Waals surface area contributed by atoms with Gasteiger partial charge in [0.2, 0.25) is 5.91 Å². The summed E-state index contributed by atoms with van der Waals surface area (Å²) in [7, 11) is 2.02. The maximum atomic E-state index is 13.4. The number of anilines is 3. The fourth-order valence-corrected chi connectivity index (χ4v) is 6.53. The molecule has 3 aromatic heterocycles. The molecule has 198 valence electrons. The number of thiazole rings is 1. The number of piperazine rings is 1. The lowest BCUT2D eigenvalue weighted by molar-refractivity contribution is -0.135. The van der Waals surface area contributed by atoms with Gasteiger partial charge in [0, 0.05) is 56.3 Å². The second kappa shape index (κ2) is 10.4. The lowest BCUT2D eigenvalue weighted by Crippen LogP contribution is -2.50. The molecule has 1 aliphatic heterocycles. The van der Waals surface area contributed by atoms with E-state index in [2.05, 4.69) is 44.4 Å². The Morgan fingerprint density at radius 1 is 1.05 bits per heavy atom. The molecule has 1 aromatic carbocycles. The maximum absolute atomic E-state index is 13.4. The SMILES string of the molecule is CCc1nc2ccc(N3CCN(C(=O)C4CCCC4)CC3)cn2c1N(C)c1nc(-c2ccc(F)cc2)cs1. The zero-order valence-corrected chi connectivity index (χ0v) is 22.8. The zero-order chi connectivity index (χ0) is 26.2. The van der Waals surface area contributed by atoms with Crippen molar-refractivity contribution in [3.05, 3.63) is 59.5 Å². The highest BCUT2D eigenvalue weighted by atomic mass is 32.1. The van der Waals surface area contributed by atoms with Crippen LogP contribution in [0.1, 0.15) is 38.3 Å². The number of hydrogen-bond donors (Lipinski definition) is 0. The summed E-state index contributed by atoms with van der Waals surface area (Å²) in [6.07, 6.45) is 7.44. The average Bonchev–Trinajstić information content (AvgIpc) is 3.72. The molecular weight excluding hydrogens is 499 g/mol. The Labute approximate surface area is 226 Å². The van der Waals surface area contributed by atoms with Crippen LogP contribution >= 0.6 is 11.3 Å². The van der Waals surface area contributed by atoms with Crippen molar-refractivity contribution in [1.82, 2.24) is 19.3 Å². The molecule has 0 radical (unpaired) electrons. The number of amides is 1. The van der Waals surface area contributed by atoms with Crippen molar-refractivity contribution in [2.75, 3.05) is 43.0 Å². The Hall–Kier alpha value is -3.46. The van der Waals surface area contributed by atoms with Crippen molar-refractivity contribution in [2.24, 2.45) is 5.92 Å². The number of aromatic nitrogens is 3. The number of halogens is 1. The first-order valence-electron chi connectivity index (χ1n) is 13.5. The van der Waals surface area contributed by atoms with Gasteiger partial charge in [-0.15, -0.1) is 11.3 Å². The molecule has 0 unspecified atom stereocenters. The molecule has 1 saturated heterocycles. The molecule has 7 nitrogen and oxygen atoms in total. The Balaban J connectivity index is 1.24. The van der Waals surface area contributed by atoms with E-state index in [0.29, 0.717) is 5.91 Å². The maximum Gasteiger partial charge on any atom is 0.225 e. The average molecular weight is 533 g/mol. The summed E-state index contributed by atoms with van der Waals surface area (Å²) < 4.78 is 15.5. The Morgan fingerprint density at radius 3 is 2.50 bits per heavy atom. The third-order valence-electron chi connectivity index (χ3n) is 7.88. The van der Waals surface area contributed by atoms with Crippen LogP contribution < -0.4 is 9.80 Å². The van der Waals surface area contributed by atoms with Gasteiger partial charge in [-0.05, 0) is 55.7 Å². The third-order valence-corrected chi connectivity index (χ3v) is 8.80. The number of aryl methyl sites for hydroxylation is 1. The molecule has 6 rings (SSSR count). The predicted octanol–water partition coefficient (Wildman–Crippen LogP) is 5.77. The quantitative estimate of drug-likeness (QED) is 0.316. The zero-order valence-electron chi connectivity index (χ0n) is 21.9. The van der Waals surface area contributed by atoms with Crippen LogP contribution in [0.2, 0.25) is 0 Å². The van der Waals surface area contributed by atoms with E-state index in [1.807, 2.05) is 12.4 Å². The highest BCUT2D eigenvalue weighted by Gasteiger charge is 2.29. The van der Waals surface area contributed by atoms with Gasteiger partial charge < -0.3 is 14.7 Å². The van der Waals surface area contributed by atoms with Gasteiger partial charge in [0.05, 0.1) is 17.1 Å². The van der Waals surface area contributed by atoms with Gasteiger partial charge in [0.15, 0.2) is 5.13 Å². The van der Waals surface area contributed by atoms with Crippen molar-refractivity contribution in [3.8, 4) is 11.3 Å². The van der Waals surface area contributed by atoms with Crippen LogP contribution in [-0.4, -0.2) is 58.4 Å². The molecular formula is C29H33FN6OS. The van der Waals surface area contributed by atoms with E-state index in [0.717, 1.165) is 84.7 Å². The molecule has 4 heterocycles. The van der Waals surface area contributed by atoms with E-state index in [9.17, 15) is 9.18 Å². The fourth-order valence-electron chi connectivity index (χ4n) is 5.73. The lowest BCUT2D eigenvalue weighted by atomic mass is 10.1. The highest BCUT2D eigenvalue weighted by Crippen LogP contribution is 2.34. The van der Waals surface area contributed by atoms with Gasteiger partial charge in [-0.25, -0.2) is 14.4 Å². The number of nitrogens with zero attached hydrogens (tertiary/aromatic N) is 6. The second-order valence-electron chi connectivity index (χ2n) is 10.2. The van der Waals surface area contributed by atoms with Crippen LogP contribution in [0.5, 0.6) is 0 Å². The minimum Gasteiger partial charge on any atom is -0.367 e. The van der Waals surface area contributed by atoms with Crippen molar-refractivity contribution < 1.29 is 9.18 Å². The van der Waals surface area contributed by atoms with Gasteiger partial charge in [-0.1, -0.05) is 19.8 Å². The van der Waals surface area contributed by atoms with Crippen LogP contribution in [0.15, 0.2) is 48.0 Å². The number of carbonyl (C=O) groups excluding carboxylic acids is 1. The molecule has 2 fully saturated rings. The summed E-state index contributed by atoms with van der Waals surface area (Å²) in [6, 6.07) is 10.7. The number of carbonyl (C=O) groups is 1. The molecule has 38 heavy (non-hydrogen) atoms. The van der Waals surface area contributed by atoms with E-state index in [1.165, 1.54) is 25.0 Å². The number of benzene rings is 1. The summed E-state index contributed by atoms with van der Waals surface area (Å²) in [4.78, 5) is 29.2. The van der Waals surface area contributed by atoms with Gasteiger partial charge in [0.25, 0.3) is 0 Å². The minimum absolute atomic E-state index is 0.240. The van der Waals surface area contributed by atoms with Crippen LogP contribution in [0.4, 0.5) is 21.0 Å². The first kappa shape index (κ1) is 24.9. The van der Waals surface area contributed by atoms with Crippen molar-refractivity contribution in [2.45, 2.75) is 39.0 Å². The molecule has 9 heteroatoms. The third kappa shape index (κ3) is 4.64. The summed E-state index contributed by atoms with van der Waals surface area (Å²) in [6.45, 7) is 5.33. The molecule has 2 aliphatic rings. The van der Waals surface area contributed by atoms with Crippen LogP contribution in [0.3, 0.4) is 0 Å². The number of hydrogen-bond acceptors (Lipinski definition) is 6. The van der Waals surface area contributed by atoms with Gasteiger partial charge in [0.1, 0.15) is 17.3 Å². The predicted molar refractivity (Wildman–Crippen MR) is 151 cm³/mol. The van der Waals surface area contributed by atoms with E-state index >= 15 is 0 Å². The molecule has 1 aliphatic carbocycles. The largest absolute Gasteiger partial charge is 0.367 e. The Morgan fingerprint density at radius 2 is 1.79 bits per heavy atom. The van der Waals surface area contributed by atoms with Crippen LogP contribution in [-0.2, 0) is 11.2 Å². The van der Waals surface area contributed by atoms with Gasteiger partial charge in [-0.2, -0.15) is 0 Å². The van der Waals surface area contributed by atoms with Crippen LogP contribution in [0, 0.1) is 11.7 Å². The van der Waals surface area contributed by atoms with Crippen molar-refractivity contribution in [3.63, 3.8) is 0 Å². The smallest absolute Gasteiger partial charge is 0.225 e. The number of imidazole rings is 1. The first-order chi connectivity index (χ1) is 18.5. The topological polar surface area (TPSA) is 57.0 Å². The molecule has 0 spiro atoms. The van der Waals surface area contributed by atoms with E-state index in [1.54, 1.807) is 23.5 Å². The number of rotatable bonds is 6. The molecule has 0 atom stereocenters. The van der Waals surface area contributed by atoms with Crippen molar-refractivity contribution in [1.29, 1.82) is 0 Å². The number of pyridine rings is 1. The molecule has 1 saturated carbocycles. The van der Waals surface area contributed by atoms with Gasteiger partial charge in [-0.3, -0.25) is 9.20 Å². The molecule has 0 bridgehead atoms. The standard InChI is InChI=1S/C29H33FN6OS/c1-3-24-27(33(2)29-32-25(19-38-29)20-8-10-22(30)11-9-20)36-18-23(12-13-26(36)31-24)34-14-16-35(17-15-34)28(37)21-6-4-5-7-21/h8-13,18-19,21H,3-7,14-17H2,1-2H3. The van der Waals surface area contributed by atoms with E-state index in [-0.39, 0.29) is 11.7 Å². The Kier molecular flexibility index (Phi) is 6.78. The number of fused-ring (bicyclic) bond motifs is 1. The summed E-state index contributed by atoms with van der Waals surface area (Å²) >= 11 is 1.56. The van der Waals surface area contributed by atoms with E-state index in [4.69, 9.17) is 9.97 Å². The normalized spacial score (nSPS) is 16.5. The first-order valence-corrected chi connectivity index (χ1v) is 14.4. The van der Waals surface area contributed by atoms with Crippen molar-refractivity contribution >= 4 is 39.5 Å². The Bertz CT molecular complexity index is 1430.